The van der Waals surface area contributed by atoms with Crippen molar-refractivity contribution in [2.24, 2.45) is 0 Å². The van der Waals surface area contributed by atoms with Crippen LogP contribution < -0.4 is 24.8 Å². The number of hydrogen-bond acceptors (Lipinski definition) is 6. The van der Waals surface area contributed by atoms with Crippen LogP contribution in [-0.2, 0) is 10.8 Å². The molecule has 6 heterocycles. The van der Waals surface area contributed by atoms with Crippen molar-refractivity contribution in [2.75, 3.05) is 9.80 Å². The minimum atomic E-state index is 0.00605. The highest BCUT2D eigenvalue weighted by Crippen LogP contribution is 2.52. The van der Waals surface area contributed by atoms with Crippen LogP contribution in [0.4, 0.5) is 34.1 Å². The first-order chi connectivity index (χ1) is 31.5. The van der Waals surface area contributed by atoms with E-state index < -0.39 is 0 Å². The summed E-state index contributed by atoms with van der Waals surface area (Å²) >= 11 is 7.63. The van der Waals surface area contributed by atoms with E-state index in [0.717, 1.165) is 0 Å². The molecule has 0 amide bonds. The Labute approximate surface area is 396 Å². The maximum Gasteiger partial charge on any atom is 0.277 e. The smallest absolute Gasteiger partial charge is 0.277 e. The SMILES string of the molecule is CC(C)(C)c1ccc2sc3c(c2c1)N(c1cccc(-c2csc4ccccc24)c1)c1cccc2c1B3c1sc3ccc(C(C)(C)C)cc3c1N2c1cccc(-c2csc3ccccc23)c1. The van der Waals surface area contributed by atoms with Gasteiger partial charge in [-0.15, -0.1) is 45.3 Å². The number of fused-ring (bicyclic) bond motifs is 10. The van der Waals surface area contributed by atoms with Crippen LogP contribution in [0, 0.1) is 0 Å². The zero-order chi connectivity index (χ0) is 43.9. The summed E-state index contributed by atoms with van der Waals surface area (Å²) in [7, 11) is 0. The monoisotopic (exact) mass is 908 g/mol. The van der Waals surface area contributed by atoms with Crippen molar-refractivity contribution in [3.63, 3.8) is 0 Å². The normalized spacial score (nSPS) is 13.6. The fourth-order valence-electron chi connectivity index (χ4n) is 10.4. The molecule has 0 fully saturated rings. The molecule has 13 rings (SSSR count). The quantitative estimate of drug-likeness (QED) is 0.162. The van der Waals surface area contributed by atoms with E-state index in [9.17, 15) is 0 Å². The van der Waals surface area contributed by atoms with Gasteiger partial charge in [-0.05, 0) is 122 Å². The molecule has 0 atom stereocenters. The predicted octanol–water partition coefficient (Wildman–Crippen LogP) is 16.6. The molecule has 7 heteroatoms. The van der Waals surface area contributed by atoms with Crippen molar-refractivity contribution in [1.82, 2.24) is 0 Å². The molecular weight excluding hydrogens is 864 g/mol. The van der Waals surface area contributed by atoms with E-state index in [-0.39, 0.29) is 17.5 Å². The molecule has 0 saturated heterocycles. The van der Waals surface area contributed by atoms with Crippen LogP contribution in [0.25, 0.3) is 62.6 Å². The van der Waals surface area contributed by atoms with Crippen molar-refractivity contribution >= 4 is 142 Å². The molecule has 0 unspecified atom stereocenters. The first kappa shape index (κ1) is 39.4. The minimum absolute atomic E-state index is 0.00605. The Kier molecular flexibility index (Phi) is 8.65. The standard InChI is InChI=1S/C58H45BN2S4/c1-57(2,3)36-24-26-50-42(30-36)53-55(64-50)59-52-46(60(53)38-16-11-14-34(28-38)44-32-62-48-22-9-7-18-40(44)48)20-13-21-47(52)61(54-43-31-37(58(4,5)6)25-27-51(43)65-56(54)59)39-17-12-15-35(29-39)45-33-63-49-23-10-8-19-41(45)49/h7-33H,1-6H3. The van der Waals surface area contributed by atoms with Gasteiger partial charge in [0, 0.05) is 83.8 Å². The summed E-state index contributed by atoms with van der Waals surface area (Å²) in [6.45, 7) is 14.1. The number of rotatable bonds is 4. The second-order valence-electron chi connectivity index (χ2n) is 19.8. The van der Waals surface area contributed by atoms with Crippen LogP contribution in [0.5, 0.6) is 0 Å². The second kappa shape index (κ2) is 14.3. The Hall–Kier alpha value is -5.96. The lowest BCUT2D eigenvalue weighted by Gasteiger charge is -2.42. The van der Waals surface area contributed by atoms with E-state index in [2.05, 4.69) is 214 Å². The van der Waals surface area contributed by atoms with Crippen LogP contribution in [-0.4, -0.2) is 6.71 Å². The summed E-state index contributed by atoms with van der Waals surface area (Å²) in [6, 6.07) is 57.8. The molecule has 7 aromatic carbocycles. The summed E-state index contributed by atoms with van der Waals surface area (Å²) in [5.74, 6) is 0. The molecule has 0 aliphatic carbocycles. The molecule has 0 spiro atoms. The van der Waals surface area contributed by atoms with Crippen molar-refractivity contribution in [2.45, 2.75) is 52.4 Å². The van der Waals surface area contributed by atoms with Crippen molar-refractivity contribution in [3.8, 4) is 22.3 Å². The Bertz CT molecular complexity index is 3500. The van der Waals surface area contributed by atoms with Gasteiger partial charge in [0.2, 0.25) is 0 Å². The van der Waals surface area contributed by atoms with E-state index >= 15 is 0 Å². The molecular formula is C58H45BN2S4. The van der Waals surface area contributed by atoms with Crippen LogP contribution in [0.3, 0.4) is 0 Å². The lowest BCUT2D eigenvalue weighted by Crippen LogP contribution is -2.59. The lowest BCUT2D eigenvalue weighted by atomic mass is 9.39. The van der Waals surface area contributed by atoms with Crippen LogP contribution in [0.1, 0.15) is 52.7 Å². The Morgan fingerprint density at radius 3 is 1.32 bits per heavy atom. The van der Waals surface area contributed by atoms with E-state index in [1.165, 1.54) is 123 Å². The van der Waals surface area contributed by atoms with E-state index in [0.29, 0.717) is 0 Å². The number of benzene rings is 7. The molecule has 2 nitrogen and oxygen atoms in total. The summed E-state index contributed by atoms with van der Waals surface area (Å²) in [4.78, 5) is 5.24. The van der Waals surface area contributed by atoms with Gasteiger partial charge in [0.25, 0.3) is 6.71 Å². The lowest BCUT2D eigenvalue weighted by molar-refractivity contribution is 0.591. The highest BCUT2D eigenvalue weighted by atomic mass is 32.1. The van der Waals surface area contributed by atoms with E-state index in [4.69, 9.17) is 0 Å². The van der Waals surface area contributed by atoms with Gasteiger partial charge in [0.05, 0.1) is 11.4 Å². The van der Waals surface area contributed by atoms with Gasteiger partial charge >= 0.3 is 0 Å². The predicted molar refractivity (Wildman–Crippen MR) is 290 cm³/mol. The number of anilines is 6. The van der Waals surface area contributed by atoms with Gasteiger partial charge in [-0.1, -0.05) is 120 Å². The number of nitrogens with zero attached hydrogens (tertiary/aromatic N) is 2. The Morgan fingerprint density at radius 1 is 0.415 bits per heavy atom. The maximum absolute atomic E-state index is 2.62. The number of thiophene rings is 4. The zero-order valence-electron chi connectivity index (χ0n) is 37.2. The average molecular weight is 909 g/mol. The topological polar surface area (TPSA) is 6.48 Å². The summed E-state index contributed by atoms with van der Waals surface area (Å²) < 4.78 is 8.13. The molecule has 0 saturated carbocycles. The highest BCUT2D eigenvalue weighted by molar-refractivity contribution is 7.40. The molecule has 2 aliphatic heterocycles. The molecule has 0 radical (unpaired) electrons. The number of hydrogen-bond donors (Lipinski definition) is 0. The van der Waals surface area contributed by atoms with E-state index in [1.54, 1.807) is 0 Å². The fourth-order valence-corrected chi connectivity index (χ4v) is 15.0. The van der Waals surface area contributed by atoms with Crippen molar-refractivity contribution in [3.05, 3.63) is 174 Å². The summed E-state index contributed by atoms with van der Waals surface area (Å²) in [6.07, 6.45) is 0. The third-order valence-corrected chi connectivity index (χ3v) is 18.1. The van der Waals surface area contributed by atoms with Crippen molar-refractivity contribution < 1.29 is 0 Å². The highest BCUT2D eigenvalue weighted by Gasteiger charge is 2.47. The van der Waals surface area contributed by atoms with Gasteiger partial charge < -0.3 is 9.80 Å². The first-order valence-corrected chi connectivity index (χ1v) is 25.9. The average Bonchev–Trinajstić information content (AvgIpc) is 4.11. The Morgan fingerprint density at radius 2 is 0.862 bits per heavy atom. The van der Waals surface area contributed by atoms with Crippen LogP contribution in [0.15, 0.2) is 162 Å². The van der Waals surface area contributed by atoms with Gasteiger partial charge in [-0.25, -0.2) is 0 Å². The summed E-state index contributed by atoms with van der Waals surface area (Å²) in [5, 5.41) is 9.94. The van der Waals surface area contributed by atoms with Crippen LogP contribution in [0.2, 0.25) is 0 Å². The molecule has 2 aliphatic rings. The van der Waals surface area contributed by atoms with Crippen LogP contribution >= 0.6 is 45.3 Å². The molecule has 11 aromatic rings. The largest absolute Gasteiger partial charge is 0.310 e. The maximum atomic E-state index is 2.62. The molecule has 0 bridgehead atoms. The van der Waals surface area contributed by atoms with Gasteiger partial charge in [0.1, 0.15) is 0 Å². The fraction of sp³-hybridized carbons (Fsp3) is 0.138. The third-order valence-electron chi connectivity index (χ3n) is 13.7. The Balaban J connectivity index is 1.10. The molecule has 314 valence electrons. The molecule has 65 heavy (non-hydrogen) atoms. The van der Waals surface area contributed by atoms with Gasteiger partial charge in [-0.3, -0.25) is 0 Å². The van der Waals surface area contributed by atoms with Crippen molar-refractivity contribution in [1.29, 1.82) is 0 Å². The second-order valence-corrected chi connectivity index (χ2v) is 23.7. The zero-order valence-corrected chi connectivity index (χ0v) is 40.5. The van der Waals surface area contributed by atoms with E-state index in [1.807, 2.05) is 45.3 Å². The third kappa shape index (κ3) is 6.02. The summed E-state index contributed by atoms with van der Waals surface area (Å²) in [5.41, 5.74) is 16.6. The van der Waals surface area contributed by atoms with Gasteiger partial charge in [-0.2, -0.15) is 0 Å². The molecule has 0 N–H and O–H groups in total. The molecule has 4 aromatic heterocycles. The van der Waals surface area contributed by atoms with Gasteiger partial charge in [0.15, 0.2) is 0 Å². The minimum Gasteiger partial charge on any atom is -0.310 e. The first-order valence-electron chi connectivity index (χ1n) is 22.5.